The van der Waals surface area contributed by atoms with Crippen LogP contribution in [0.5, 0.6) is 0 Å². The summed E-state index contributed by atoms with van der Waals surface area (Å²) in [6, 6.07) is 9.68. The van der Waals surface area contributed by atoms with Crippen LogP contribution in [0.2, 0.25) is 0 Å². The number of halogens is 3. The van der Waals surface area contributed by atoms with Crippen LogP contribution in [0.25, 0.3) is 11.0 Å². The average Bonchev–Trinajstić information content (AvgIpc) is 3.23. The van der Waals surface area contributed by atoms with Gasteiger partial charge in [0.05, 0.1) is 5.39 Å². The molecule has 0 amide bonds. The van der Waals surface area contributed by atoms with Crippen molar-refractivity contribution in [1.82, 2.24) is 19.9 Å². The number of aliphatic imine (C=N–C) groups is 1. The van der Waals surface area contributed by atoms with E-state index in [4.69, 9.17) is 4.74 Å². The Balaban J connectivity index is 1.50. The van der Waals surface area contributed by atoms with Gasteiger partial charge in [0.15, 0.2) is 5.82 Å². The number of hydrogen-bond acceptors (Lipinski definition) is 5. The van der Waals surface area contributed by atoms with E-state index in [1.807, 2.05) is 18.3 Å². The summed E-state index contributed by atoms with van der Waals surface area (Å²) in [6.45, 7) is 3.46. The number of aromatic nitrogens is 3. The summed E-state index contributed by atoms with van der Waals surface area (Å²) in [6.07, 6.45) is 2.62. The van der Waals surface area contributed by atoms with E-state index in [1.165, 1.54) is 17.5 Å². The minimum atomic E-state index is -4.48. The summed E-state index contributed by atoms with van der Waals surface area (Å²) in [5, 5.41) is 0.269. The molecule has 9 heteroatoms. The van der Waals surface area contributed by atoms with Crippen LogP contribution in [0.15, 0.2) is 41.7 Å². The van der Waals surface area contributed by atoms with Gasteiger partial charge in [-0.1, -0.05) is 24.3 Å². The number of benzene rings is 1. The summed E-state index contributed by atoms with van der Waals surface area (Å²) < 4.78 is 45.2. The van der Waals surface area contributed by atoms with Crippen molar-refractivity contribution in [2.24, 2.45) is 4.99 Å². The molecule has 1 aromatic carbocycles. The molecule has 5 rings (SSSR count). The first kappa shape index (κ1) is 22.0. The molecule has 1 aliphatic heterocycles. The Morgan fingerprint density at radius 3 is 2.70 bits per heavy atom. The maximum Gasteiger partial charge on any atom is 0.431 e. The van der Waals surface area contributed by atoms with Crippen molar-refractivity contribution in [3.05, 3.63) is 53.5 Å². The largest absolute Gasteiger partial charge is 0.431 e. The molecule has 1 saturated heterocycles. The van der Waals surface area contributed by atoms with Crippen LogP contribution < -0.4 is 0 Å². The molecule has 0 spiro atoms. The SMILES string of the molecule is FC(F)(F)c1cc2c(N=CC3c4ccccc4CC[C@@H]3N3CCCOCCC3)ncnc2[nH]1. The monoisotopic (exact) mass is 457 g/mol. The molecule has 0 saturated carbocycles. The number of hydrogen-bond donors (Lipinski definition) is 1. The molecular formula is C24H26F3N5O. The van der Waals surface area contributed by atoms with Crippen LogP contribution in [0.1, 0.15) is 42.0 Å². The third-order valence-corrected chi connectivity index (χ3v) is 6.54. The van der Waals surface area contributed by atoms with Crippen LogP contribution >= 0.6 is 0 Å². The lowest BCUT2D eigenvalue weighted by Crippen LogP contribution is -2.45. The zero-order valence-corrected chi connectivity index (χ0v) is 18.2. The molecule has 33 heavy (non-hydrogen) atoms. The standard InChI is InChI=1S/C24H26F3N5O/c25-24(26,27)21-13-18-22(29-15-30-23(18)31-21)28-14-19-17-6-2-1-5-16(17)7-8-20(19)32-9-3-11-33-12-4-10-32/h1-2,5-6,13-15,19-20H,3-4,7-12H2,(H,29,30,31)/t19?,20-/m0/s1. The molecule has 3 aromatic rings. The molecule has 3 heterocycles. The number of ether oxygens (including phenoxy) is 1. The Morgan fingerprint density at radius 2 is 1.91 bits per heavy atom. The Hall–Kier alpha value is -2.78. The Morgan fingerprint density at radius 1 is 1.12 bits per heavy atom. The van der Waals surface area contributed by atoms with Gasteiger partial charge in [0.25, 0.3) is 0 Å². The van der Waals surface area contributed by atoms with Crippen molar-refractivity contribution in [2.75, 3.05) is 26.3 Å². The van der Waals surface area contributed by atoms with Crippen LogP contribution in [0.3, 0.4) is 0 Å². The highest BCUT2D eigenvalue weighted by molar-refractivity contribution is 5.88. The Kier molecular flexibility index (Phi) is 6.16. The smallest absolute Gasteiger partial charge is 0.381 e. The number of rotatable bonds is 3. The third-order valence-electron chi connectivity index (χ3n) is 6.54. The van der Waals surface area contributed by atoms with Crippen molar-refractivity contribution in [1.29, 1.82) is 0 Å². The molecular weight excluding hydrogens is 431 g/mol. The van der Waals surface area contributed by atoms with Crippen molar-refractivity contribution in [3.63, 3.8) is 0 Å². The number of aromatic amines is 1. The summed E-state index contributed by atoms with van der Waals surface area (Å²) in [4.78, 5) is 17.6. The lowest BCUT2D eigenvalue weighted by atomic mass is 9.79. The zero-order chi connectivity index (χ0) is 22.8. The van der Waals surface area contributed by atoms with Crippen molar-refractivity contribution in [3.8, 4) is 0 Å². The summed E-state index contributed by atoms with van der Waals surface area (Å²) >= 11 is 0. The van der Waals surface area contributed by atoms with Gasteiger partial charge >= 0.3 is 6.18 Å². The van der Waals surface area contributed by atoms with Crippen LogP contribution in [0.4, 0.5) is 19.0 Å². The lowest BCUT2D eigenvalue weighted by Gasteiger charge is -2.40. The van der Waals surface area contributed by atoms with E-state index < -0.39 is 11.9 Å². The fourth-order valence-corrected chi connectivity index (χ4v) is 4.98. The fraction of sp³-hybridized carbons (Fsp3) is 0.458. The van der Waals surface area contributed by atoms with E-state index in [2.05, 4.69) is 37.0 Å². The summed E-state index contributed by atoms with van der Waals surface area (Å²) in [5.41, 5.74) is 1.81. The van der Waals surface area contributed by atoms with Gasteiger partial charge < -0.3 is 9.72 Å². The predicted molar refractivity (Wildman–Crippen MR) is 120 cm³/mol. The molecule has 1 N–H and O–H groups in total. The van der Waals surface area contributed by atoms with Crippen LogP contribution in [0, 0.1) is 0 Å². The maximum atomic E-state index is 13.2. The average molecular weight is 458 g/mol. The molecule has 6 nitrogen and oxygen atoms in total. The Labute approximate surface area is 189 Å². The molecule has 0 bridgehead atoms. The van der Waals surface area contributed by atoms with Gasteiger partial charge in [0.1, 0.15) is 17.7 Å². The number of alkyl halides is 3. The van der Waals surface area contributed by atoms with Gasteiger partial charge in [0.2, 0.25) is 0 Å². The van der Waals surface area contributed by atoms with E-state index in [1.54, 1.807) is 0 Å². The molecule has 2 atom stereocenters. The van der Waals surface area contributed by atoms with Crippen molar-refractivity contribution < 1.29 is 17.9 Å². The van der Waals surface area contributed by atoms with Gasteiger partial charge in [-0.15, -0.1) is 0 Å². The topological polar surface area (TPSA) is 66.4 Å². The minimum Gasteiger partial charge on any atom is -0.381 e. The van der Waals surface area contributed by atoms with Crippen LogP contribution in [-0.4, -0.2) is 58.4 Å². The normalized spacial score (nSPS) is 22.9. The molecule has 1 aliphatic carbocycles. The number of fused-ring (bicyclic) bond motifs is 2. The van der Waals surface area contributed by atoms with Gasteiger partial charge in [-0.25, -0.2) is 15.0 Å². The van der Waals surface area contributed by atoms with E-state index in [9.17, 15) is 13.2 Å². The van der Waals surface area contributed by atoms with Gasteiger partial charge in [-0.2, -0.15) is 13.2 Å². The second kappa shape index (κ2) is 9.23. The first-order valence-corrected chi connectivity index (χ1v) is 11.4. The highest BCUT2D eigenvalue weighted by atomic mass is 19.4. The van der Waals surface area contributed by atoms with E-state index in [0.717, 1.165) is 58.1 Å². The fourth-order valence-electron chi connectivity index (χ4n) is 4.98. The molecule has 1 unspecified atom stereocenters. The zero-order valence-electron chi connectivity index (χ0n) is 18.2. The van der Waals surface area contributed by atoms with Crippen molar-refractivity contribution in [2.45, 2.75) is 43.8 Å². The van der Waals surface area contributed by atoms with E-state index in [0.29, 0.717) is 0 Å². The molecule has 174 valence electrons. The molecule has 1 fully saturated rings. The number of aryl methyl sites for hydroxylation is 1. The molecule has 2 aliphatic rings. The second-order valence-corrected chi connectivity index (χ2v) is 8.60. The third kappa shape index (κ3) is 4.65. The lowest BCUT2D eigenvalue weighted by molar-refractivity contribution is -0.140. The van der Waals surface area contributed by atoms with Crippen LogP contribution in [-0.2, 0) is 17.3 Å². The van der Waals surface area contributed by atoms with E-state index in [-0.39, 0.29) is 28.8 Å². The Bertz CT molecular complexity index is 1130. The number of H-pyrrole nitrogens is 1. The molecule has 2 aromatic heterocycles. The summed E-state index contributed by atoms with van der Waals surface area (Å²) in [7, 11) is 0. The van der Waals surface area contributed by atoms with E-state index >= 15 is 0 Å². The molecule has 0 radical (unpaired) electrons. The van der Waals surface area contributed by atoms with Gasteiger partial charge in [-0.3, -0.25) is 4.90 Å². The minimum absolute atomic E-state index is 0.0290. The number of nitrogens with zero attached hydrogens (tertiary/aromatic N) is 4. The first-order chi connectivity index (χ1) is 16.0. The van der Waals surface area contributed by atoms with Gasteiger partial charge in [0, 0.05) is 44.5 Å². The first-order valence-electron chi connectivity index (χ1n) is 11.4. The maximum absolute atomic E-state index is 13.2. The van der Waals surface area contributed by atoms with Gasteiger partial charge in [-0.05, 0) is 42.9 Å². The quantitative estimate of drug-likeness (QED) is 0.569. The highest BCUT2D eigenvalue weighted by Gasteiger charge is 2.34. The predicted octanol–water partition coefficient (Wildman–Crippen LogP) is 4.89. The number of nitrogens with one attached hydrogen (secondary N) is 1. The van der Waals surface area contributed by atoms with Crippen molar-refractivity contribution >= 4 is 23.1 Å². The summed E-state index contributed by atoms with van der Waals surface area (Å²) in [5.74, 6) is 0.274. The second-order valence-electron chi connectivity index (χ2n) is 8.60. The highest BCUT2D eigenvalue weighted by Crippen LogP contribution is 2.36.